The van der Waals surface area contributed by atoms with Crippen LogP contribution in [0, 0.1) is 18.6 Å². The number of nitrogen functional groups attached to an aromatic ring is 1. The van der Waals surface area contributed by atoms with E-state index in [-0.39, 0.29) is 5.69 Å². The predicted molar refractivity (Wildman–Crippen MR) is 116 cm³/mol. The van der Waals surface area contributed by atoms with E-state index in [1.54, 1.807) is 0 Å². The van der Waals surface area contributed by atoms with Crippen LogP contribution >= 0.6 is 11.3 Å². The van der Waals surface area contributed by atoms with Crippen molar-refractivity contribution in [1.29, 1.82) is 0 Å². The lowest BCUT2D eigenvalue weighted by atomic mass is 10.1. The molecule has 1 saturated carbocycles. The van der Waals surface area contributed by atoms with Gasteiger partial charge in [-0.3, -0.25) is 0 Å². The molecule has 154 valence electrons. The Bertz CT molecular complexity index is 1040. The molecule has 0 bridgehead atoms. The molecule has 6 N–H and O–H groups in total. The molecular formula is C21H25F2N5S. The first-order valence-corrected chi connectivity index (χ1v) is 10.6. The molecule has 0 radical (unpaired) electrons. The van der Waals surface area contributed by atoms with Gasteiger partial charge in [-0.15, -0.1) is 0 Å². The summed E-state index contributed by atoms with van der Waals surface area (Å²) in [5, 5.41) is 7.81. The fourth-order valence-electron chi connectivity index (χ4n) is 3.87. The topological polar surface area (TPSA) is 89.0 Å². The zero-order valence-electron chi connectivity index (χ0n) is 16.3. The second kappa shape index (κ2) is 7.76. The van der Waals surface area contributed by atoms with E-state index in [1.807, 2.05) is 19.1 Å². The molecule has 29 heavy (non-hydrogen) atoms. The molecule has 0 spiro atoms. The second-order valence-electron chi connectivity index (χ2n) is 7.74. The Hall–Kier alpha value is -2.45. The molecule has 1 aromatic carbocycles. The van der Waals surface area contributed by atoms with E-state index in [9.17, 15) is 8.78 Å². The molecule has 5 nitrogen and oxygen atoms in total. The van der Waals surface area contributed by atoms with Crippen LogP contribution in [0.5, 0.6) is 0 Å². The Balaban J connectivity index is 1.45. The normalized spacial score (nSPS) is 15.7. The molecule has 0 aliphatic heterocycles. The van der Waals surface area contributed by atoms with Crippen LogP contribution in [0.2, 0.25) is 0 Å². The maximum Gasteiger partial charge on any atom is 0.146 e. The SMILES string of the molecule is Cc1ccc2c(NCCc3cc(F)c(NC4(N)CCCC4)cc3F)c(N)sc2n1. The van der Waals surface area contributed by atoms with Gasteiger partial charge in [-0.05, 0) is 62.8 Å². The number of fused-ring (bicyclic) bond motifs is 1. The first kappa shape index (κ1) is 19.8. The summed E-state index contributed by atoms with van der Waals surface area (Å²) >= 11 is 1.41. The minimum atomic E-state index is -0.653. The first-order chi connectivity index (χ1) is 13.8. The number of rotatable bonds is 6. The lowest BCUT2D eigenvalue weighted by Gasteiger charge is -2.27. The lowest BCUT2D eigenvalue weighted by Crippen LogP contribution is -2.45. The lowest BCUT2D eigenvalue weighted by molar-refractivity contribution is 0.495. The number of hydrogen-bond acceptors (Lipinski definition) is 6. The average Bonchev–Trinajstić information content (AvgIpc) is 3.22. The second-order valence-corrected chi connectivity index (χ2v) is 8.77. The van der Waals surface area contributed by atoms with Crippen molar-refractivity contribution in [2.45, 2.75) is 44.7 Å². The summed E-state index contributed by atoms with van der Waals surface area (Å²) in [6.45, 7) is 2.35. The number of thiophene rings is 1. The minimum Gasteiger partial charge on any atom is -0.389 e. The highest BCUT2D eigenvalue weighted by Crippen LogP contribution is 2.37. The summed E-state index contributed by atoms with van der Waals surface area (Å²) in [5.41, 5.74) is 13.8. The van der Waals surface area contributed by atoms with Gasteiger partial charge in [0.05, 0.1) is 17.0 Å². The standard InChI is InChI=1S/C21H25F2N5S/c1-12-4-5-14-18(19(24)29-20(14)27-12)26-9-6-13-10-16(23)17(11-15(13)22)28-21(25)7-2-3-8-21/h4-5,10-11,26,28H,2-3,6-9,24-25H2,1H3. The third-order valence-electron chi connectivity index (χ3n) is 5.43. The smallest absolute Gasteiger partial charge is 0.146 e. The number of benzene rings is 1. The van der Waals surface area contributed by atoms with Crippen LogP contribution in [0.4, 0.5) is 25.2 Å². The van der Waals surface area contributed by atoms with Crippen molar-refractivity contribution in [1.82, 2.24) is 4.98 Å². The molecule has 0 atom stereocenters. The molecule has 8 heteroatoms. The Morgan fingerprint density at radius 1 is 1.17 bits per heavy atom. The quantitative estimate of drug-likeness (QED) is 0.434. The van der Waals surface area contributed by atoms with Crippen molar-refractivity contribution in [3.05, 3.63) is 47.2 Å². The van der Waals surface area contributed by atoms with E-state index in [0.29, 0.717) is 23.5 Å². The van der Waals surface area contributed by atoms with Gasteiger partial charge in [0.15, 0.2) is 0 Å². The number of hydrogen-bond donors (Lipinski definition) is 4. The van der Waals surface area contributed by atoms with Gasteiger partial charge >= 0.3 is 0 Å². The Morgan fingerprint density at radius 3 is 2.69 bits per heavy atom. The van der Waals surface area contributed by atoms with Crippen LogP contribution in [-0.2, 0) is 6.42 Å². The zero-order valence-corrected chi connectivity index (χ0v) is 17.1. The monoisotopic (exact) mass is 417 g/mol. The van der Waals surface area contributed by atoms with E-state index in [0.717, 1.165) is 47.3 Å². The van der Waals surface area contributed by atoms with Crippen LogP contribution in [0.15, 0.2) is 24.3 Å². The molecule has 0 unspecified atom stereocenters. The maximum absolute atomic E-state index is 14.6. The molecule has 2 heterocycles. The van der Waals surface area contributed by atoms with Gasteiger partial charge in [0, 0.05) is 23.7 Å². The molecule has 2 aromatic heterocycles. The highest BCUT2D eigenvalue weighted by atomic mass is 32.1. The molecule has 0 saturated heterocycles. The molecule has 1 fully saturated rings. The minimum absolute atomic E-state index is 0.123. The summed E-state index contributed by atoms with van der Waals surface area (Å²) in [4.78, 5) is 5.34. The average molecular weight is 418 g/mol. The van der Waals surface area contributed by atoms with Crippen molar-refractivity contribution in [3.8, 4) is 0 Å². The van der Waals surface area contributed by atoms with E-state index in [1.165, 1.54) is 23.5 Å². The number of nitrogens with two attached hydrogens (primary N) is 2. The first-order valence-electron chi connectivity index (χ1n) is 9.79. The van der Waals surface area contributed by atoms with Gasteiger partial charge in [-0.25, -0.2) is 13.8 Å². The Labute approximate surface area is 172 Å². The Morgan fingerprint density at radius 2 is 1.93 bits per heavy atom. The summed E-state index contributed by atoms with van der Waals surface area (Å²) in [7, 11) is 0. The number of anilines is 3. The van der Waals surface area contributed by atoms with Crippen molar-refractivity contribution in [3.63, 3.8) is 0 Å². The fraction of sp³-hybridized carbons (Fsp3) is 0.381. The highest BCUT2D eigenvalue weighted by Gasteiger charge is 2.30. The number of nitrogens with one attached hydrogen (secondary N) is 2. The zero-order chi connectivity index (χ0) is 20.6. The molecule has 1 aliphatic rings. The van der Waals surface area contributed by atoms with Crippen molar-refractivity contribution < 1.29 is 8.78 Å². The van der Waals surface area contributed by atoms with Gasteiger partial charge in [0.1, 0.15) is 21.5 Å². The van der Waals surface area contributed by atoms with E-state index in [4.69, 9.17) is 11.5 Å². The molecule has 1 aliphatic carbocycles. The summed E-state index contributed by atoms with van der Waals surface area (Å²) in [5.74, 6) is -0.934. The van der Waals surface area contributed by atoms with Crippen molar-refractivity contribution in [2.75, 3.05) is 22.9 Å². The van der Waals surface area contributed by atoms with Crippen LogP contribution in [-0.4, -0.2) is 17.2 Å². The molecule has 4 rings (SSSR count). The van der Waals surface area contributed by atoms with Gasteiger partial charge in [0.2, 0.25) is 0 Å². The van der Waals surface area contributed by atoms with Gasteiger partial charge in [0.25, 0.3) is 0 Å². The molecule has 3 aromatic rings. The number of pyridine rings is 1. The Kier molecular flexibility index (Phi) is 5.31. The molecule has 0 amide bonds. The molecular weight excluding hydrogens is 392 g/mol. The summed E-state index contributed by atoms with van der Waals surface area (Å²) < 4.78 is 29.1. The fourth-order valence-corrected chi connectivity index (χ4v) is 4.83. The van der Waals surface area contributed by atoms with Crippen LogP contribution < -0.4 is 22.1 Å². The van der Waals surface area contributed by atoms with Gasteiger partial charge in [-0.2, -0.15) is 0 Å². The number of aromatic nitrogens is 1. The number of halogens is 2. The maximum atomic E-state index is 14.6. The van der Waals surface area contributed by atoms with E-state index in [2.05, 4.69) is 15.6 Å². The largest absolute Gasteiger partial charge is 0.389 e. The summed E-state index contributed by atoms with van der Waals surface area (Å²) in [6.07, 6.45) is 3.82. The van der Waals surface area contributed by atoms with Gasteiger partial charge in [-0.1, -0.05) is 11.3 Å². The van der Waals surface area contributed by atoms with Crippen LogP contribution in [0.3, 0.4) is 0 Å². The predicted octanol–water partition coefficient (Wildman–Crippen LogP) is 4.76. The number of aryl methyl sites for hydroxylation is 1. The van der Waals surface area contributed by atoms with E-state index < -0.39 is 17.3 Å². The van der Waals surface area contributed by atoms with Crippen molar-refractivity contribution in [2.24, 2.45) is 5.73 Å². The van der Waals surface area contributed by atoms with Gasteiger partial charge < -0.3 is 22.1 Å². The van der Waals surface area contributed by atoms with Crippen molar-refractivity contribution >= 4 is 37.9 Å². The highest BCUT2D eigenvalue weighted by molar-refractivity contribution is 7.23. The summed E-state index contributed by atoms with van der Waals surface area (Å²) in [6, 6.07) is 6.35. The number of nitrogens with zero attached hydrogens (tertiary/aromatic N) is 1. The third kappa shape index (κ3) is 4.13. The van der Waals surface area contributed by atoms with E-state index >= 15 is 0 Å². The third-order valence-corrected chi connectivity index (χ3v) is 6.36. The van der Waals surface area contributed by atoms with Crippen LogP contribution in [0.25, 0.3) is 10.2 Å². The van der Waals surface area contributed by atoms with Crippen LogP contribution in [0.1, 0.15) is 36.9 Å².